The van der Waals surface area contributed by atoms with Crippen molar-refractivity contribution in [3.05, 3.63) is 17.3 Å². The highest BCUT2D eigenvalue weighted by atomic mass is 16.4. The summed E-state index contributed by atoms with van der Waals surface area (Å²) in [5, 5.41) is 0. The van der Waals surface area contributed by atoms with E-state index in [1.54, 1.807) is 6.92 Å². The monoisotopic (exact) mass is 237 g/mol. The largest absolute Gasteiger partial charge is 0.445 e. The lowest BCUT2D eigenvalue weighted by Crippen LogP contribution is -2.47. The molecule has 2 heterocycles. The van der Waals surface area contributed by atoms with Gasteiger partial charge in [0.1, 0.15) is 5.76 Å². The second kappa shape index (κ2) is 4.87. The molecule has 0 unspecified atom stereocenters. The van der Waals surface area contributed by atoms with Crippen LogP contribution in [0.5, 0.6) is 0 Å². The van der Waals surface area contributed by atoms with Gasteiger partial charge in [-0.25, -0.2) is 4.98 Å². The fraction of sp³-hybridized carbons (Fsp3) is 0.667. The fourth-order valence-corrected chi connectivity index (χ4v) is 2.04. The second-order valence-corrected chi connectivity index (χ2v) is 4.60. The molecule has 17 heavy (non-hydrogen) atoms. The van der Waals surface area contributed by atoms with Gasteiger partial charge in [-0.1, -0.05) is 0 Å². The van der Waals surface area contributed by atoms with Gasteiger partial charge in [0, 0.05) is 33.1 Å². The molecule has 0 N–H and O–H groups in total. The lowest BCUT2D eigenvalue weighted by Gasteiger charge is -2.32. The Morgan fingerprint density at radius 2 is 1.94 bits per heavy atom. The Morgan fingerprint density at radius 3 is 2.47 bits per heavy atom. The summed E-state index contributed by atoms with van der Waals surface area (Å²) in [5.74, 6) is 1.47. The van der Waals surface area contributed by atoms with Crippen molar-refractivity contribution in [2.75, 3.05) is 33.2 Å². The van der Waals surface area contributed by atoms with Crippen molar-refractivity contribution in [2.24, 2.45) is 0 Å². The fourth-order valence-electron chi connectivity index (χ4n) is 2.04. The topological polar surface area (TPSA) is 49.6 Å². The van der Waals surface area contributed by atoms with Gasteiger partial charge in [-0.3, -0.25) is 4.79 Å². The average molecular weight is 237 g/mol. The molecular weight excluding hydrogens is 218 g/mol. The van der Waals surface area contributed by atoms with E-state index in [9.17, 15) is 4.79 Å². The first kappa shape index (κ1) is 12.1. The Bertz CT molecular complexity index is 406. The predicted octanol–water partition coefficient (Wildman–Crippen LogP) is 0.608. The normalized spacial score (nSPS) is 17.5. The zero-order chi connectivity index (χ0) is 12.4. The molecule has 94 valence electrons. The molecular formula is C12H19N3O2. The van der Waals surface area contributed by atoms with E-state index >= 15 is 0 Å². The van der Waals surface area contributed by atoms with E-state index in [2.05, 4.69) is 16.9 Å². The van der Waals surface area contributed by atoms with Crippen LogP contribution < -0.4 is 0 Å². The third kappa shape index (κ3) is 2.85. The number of carbonyl (C=O) groups excluding carboxylic acids is 1. The van der Waals surface area contributed by atoms with Crippen LogP contribution in [0, 0.1) is 13.8 Å². The summed E-state index contributed by atoms with van der Waals surface area (Å²) < 4.78 is 5.43. The summed E-state index contributed by atoms with van der Waals surface area (Å²) in [4.78, 5) is 20.4. The number of aromatic nitrogens is 1. The van der Waals surface area contributed by atoms with Crippen molar-refractivity contribution in [3.63, 3.8) is 0 Å². The van der Waals surface area contributed by atoms with Crippen LogP contribution in [0.2, 0.25) is 0 Å². The van der Waals surface area contributed by atoms with Crippen LogP contribution in [0.15, 0.2) is 4.42 Å². The molecule has 2 rings (SSSR count). The van der Waals surface area contributed by atoms with Gasteiger partial charge in [0.05, 0.1) is 12.1 Å². The van der Waals surface area contributed by atoms with E-state index in [0.717, 1.165) is 31.9 Å². The Labute approximate surface area is 101 Å². The van der Waals surface area contributed by atoms with Crippen LogP contribution in [0.1, 0.15) is 17.3 Å². The number of likely N-dealkylation sites (N-methyl/N-ethyl adjacent to an activating group) is 1. The number of hydrogen-bond acceptors (Lipinski definition) is 4. The van der Waals surface area contributed by atoms with Crippen LogP contribution in [0.25, 0.3) is 0 Å². The summed E-state index contributed by atoms with van der Waals surface area (Å²) in [6.07, 6.45) is 0.330. The maximum atomic E-state index is 12.1. The van der Waals surface area contributed by atoms with Crippen molar-refractivity contribution >= 4 is 5.91 Å². The zero-order valence-electron chi connectivity index (χ0n) is 10.7. The summed E-state index contributed by atoms with van der Waals surface area (Å²) >= 11 is 0. The molecule has 1 aliphatic rings. The molecule has 0 saturated carbocycles. The molecule has 1 aromatic heterocycles. The van der Waals surface area contributed by atoms with Crippen molar-refractivity contribution in [1.29, 1.82) is 0 Å². The molecule has 5 heteroatoms. The number of oxazole rings is 1. The number of piperazine rings is 1. The van der Waals surface area contributed by atoms with E-state index < -0.39 is 0 Å². The number of nitrogens with zero attached hydrogens (tertiary/aromatic N) is 3. The van der Waals surface area contributed by atoms with Crippen LogP contribution in [-0.2, 0) is 11.2 Å². The summed E-state index contributed by atoms with van der Waals surface area (Å²) in [5.41, 5.74) is 0.824. The Balaban J connectivity index is 1.95. The molecule has 0 spiro atoms. The molecule has 0 bridgehead atoms. The van der Waals surface area contributed by atoms with Crippen LogP contribution in [0.4, 0.5) is 0 Å². The minimum absolute atomic E-state index is 0.136. The number of rotatable bonds is 2. The third-order valence-electron chi connectivity index (χ3n) is 3.17. The predicted molar refractivity (Wildman–Crippen MR) is 63.8 cm³/mol. The Morgan fingerprint density at radius 1 is 1.29 bits per heavy atom. The smallest absolute Gasteiger partial charge is 0.230 e. The minimum atomic E-state index is 0.136. The lowest BCUT2D eigenvalue weighted by atomic mass is 10.2. The highest BCUT2D eigenvalue weighted by Gasteiger charge is 2.21. The minimum Gasteiger partial charge on any atom is -0.445 e. The molecule has 1 amide bonds. The molecule has 1 fully saturated rings. The quantitative estimate of drug-likeness (QED) is 0.756. The number of aryl methyl sites for hydroxylation is 2. The molecule has 0 radical (unpaired) electrons. The van der Waals surface area contributed by atoms with E-state index in [1.807, 2.05) is 11.8 Å². The Kier molecular flexibility index (Phi) is 3.47. The first-order valence-electron chi connectivity index (χ1n) is 5.95. The summed E-state index contributed by atoms with van der Waals surface area (Å²) in [7, 11) is 2.08. The lowest BCUT2D eigenvalue weighted by molar-refractivity contribution is -0.132. The van der Waals surface area contributed by atoms with E-state index in [0.29, 0.717) is 18.1 Å². The zero-order valence-corrected chi connectivity index (χ0v) is 10.7. The van der Waals surface area contributed by atoms with Gasteiger partial charge in [0.15, 0.2) is 5.89 Å². The number of carbonyl (C=O) groups is 1. The van der Waals surface area contributed by atoms with Crippen LogP contribution >= 0.6 is 0 Å². The molecule has 1 aromatic rings. The van der Waals surface area contributed by atoms with Gasteiger partial charge in [-0.15, -0.1) is 0 Å². The van der Waals surface area contributed by atoms with Crippen molar-refractivity contribution in [1.82, 2.24) is 14.8 Å². The molecule has 0 aromatic carbocycles. The maximum absolute atomic E-state index is 12.1. The molecule has 0 atom stereocenters. The second-order valence-electron chi connectivity index (χ2n) is 4.60. The number of amides is 1. The van der Waals surface area contributed by atoms with Gasteiger partial charge in [-0.2, -0.15) is 0 Å². The van der Waals surface area contributed by atoms with Gasteiger partial charge < -0.3 is 14.2 Å². The van der Waals surface area contributed by atoms with Gasteiger partial charge >= 0.3 is 0 Å². The standard InChI is InChI=1S/C12H19N3O2/c1-9-11(17-10(2)13-9)8-12(16)15-6-4-14(3)5-7-15/h4-8H2,1-3H3. The molecule has 1 aliphatic heterocycles. The SMILES string of the molecule is Cc1nc(C)c(CC(=O)N2CCN(C)CC2)o1. The molecule has 0 aliphatic carbocycles. The van der Waals surface area contributed by atoms with E-state index in [4.69, 9.17) is 4.42 Å². The summed E-state index contributed by atoms with van der Waals surface area (Å²) in [6, 6.07) is 0. The molecule has 1 saturated heterocycles. The summed E-state index contributed by atoms with van der Waals surface area (Å²) in [6.45, 7) is 7.18. The average Bonchev–Trinajstić information content (AvgIpc) is 2.58. The molecule has 5 nitrogen and oxygen atoms in total. The van der Waals surface area contributed by atoms with Crippen molar-refractivity contribution in [3.8, 4) is 0 Å². The van der Waals surface area contributed by atoms with Gasteiger partial charge in [-0.05, 0) is 14.0 Å². The van der Waals surface area contributed by atoms with Crippen LogP contribution in [-0.4, -0.2) is 53.9 Å². The third-order valence-corrected chi connectivity index (χ3v) is 3.17. The van der Waals surface area contributed by atoms with Gasteiger partial charge in [0.25, 0.3) is 0 Å². The first-order valence-corrected chi connectivity index (χ1v) is 5.95. The maximum Gasteiger partial charge on any atom is 0.230 e. The first-order chi connectivity index (χ1) is 8.06. The van der Waals surface area contributed by atoms with Crippen molar-refractivity contribution < 1.29 is 9.21 Å². The van der Waals surface area contributed by atoms with Gasteiger partial charge in [0.2, 0.25) is 5.91 Å². The van der Waals surface area contributed by atoms with Crippen molar-refractivity contribution in [2.45, 2.75) is 20.3 Å². The highest BCUT2D eigenvalue weighted by molar-refractivity contribution is 5.78. The van der Waals surface area contributed by atoms with Crippen LogP contribution in [0.3, 0.4) is 0 Å². The van der Waals surface area contributed by atoms with E-state index in [-0.39, 0.29) is 5.91 Å². The highest BCUT2D eigenvalue weighted by Crippen LogP contribution is 2.12. The Hall–Kier alpha value is -1.36. The van der Waals surface area contributed by atoms with E-state index in [1.165, 1.54) is 0 Å². The number of hydrogen-bond donors (Lipinski definition) is 0.